The summed E-state index contributed by atoms with van der Waals surface area (Å²) >= 11 is 0. The van der Waals surface area contributed by atoms with E-state index < -0.39 is 0 Å². The van der Waals surface area contributed by atoms with Crippen molar-refractivity contribution in [1.29, 1.82) is 0 Å². The van der Waals surface area contributed by atoms with Crippen LogP contribution >= 0.6 is 0 Å². The van der Waals surface area contributed by atoms with Crippen LogP contribution in [0.25, 0.3) is 0 Å². The fraction of sp³-hybridized carbons (Fsp3) is 1.00. The maximum atomic E-state index is 6.14. The molecule has 0 bridgehead atoms. The molecule has 0 N–H and O–H groups in total. The highest BCUT2D eigenvalue weighted by Crippen LogP contribution is 2.43. The van der Waals surface area contributed by atoms with Crippen LogP contribution in [0.1, 0.15) is 104 Å². The highest BCUT2D eigenvalue weighted by molar-refractivity contribution is 4.86. The summed E-state index contributed by atoms with van der Waals surface area (Å²) in [7, 11) is 0. The summed E-state index contributed by atoms with van der Waals surface area (Å²) in [6.07, 6.45) is 19.2. The fourth-order valence-corrected chi connectivity index (χ4v) is 5.25. The summed E-state index contributed by atoms with van der Waals surface area (Å²) in [6.45, 7) is 7.89. The first-order valence-electron chi connectivity index (χ1n) is 10.9. The summed E-state index contributed by atoms with van der Waals surface area (Å²) in [4.78, 5) is 0. The Hall–Kier alpha value is -0.0400. The van der Waals surface area contributed by atoms with Crippen molar-refractivity contribution in [2.24, 2.45) is 23.7 Å². The van der Waals surface area contributed by atoms with Gasteiger partial charge in [-0.2, -0.15) is 0 Å². The summed E-state index contributed by atoms with van der Waals surface area (Å²) < 4.78 is 6.14. The molecular weight excluding hydrogens is 280 g/mol. The molecule has 136 valence electrons. The third-order valence-corrected chi connectivity index (χ3v) is 6.79. The van der Waals surface area contributed by atoms with E-state index in [9.17, 15) is 0 Å². The van der Waals surface area contributed by atoms with Crippen LogP contribution < -0.4 is 0 Å². The Morgan fingerprint density at radius 1 is 0.783 bits per heavy atom. The van der Waals surface area contributed by atoms with E-state index in [-0.39, 0.29) is 0 Å². The molecule has 0 spiro atoms. The molecule has 1 heteroatoms. The molecule has 0 aliphatic heterocycles. The Morgan fingerprint density at radius 3 is 2.17 bits per heavy atom. The van der Waals surface area contributed by atoms with Crippen molar-refractivity contribution in [2.45, 2.75) is 110 Å². The smallest absolute Gasteiger partial charge is 0.0603 e. The molecule has 2 aliphatic carbocycles. The highest BCUT2D eigenvalue weighted by atomic mass is 16.5. The Labute approximate surface area is 146 Å². The molecule has 3 unspecified atom stereocenters. The number of unbranched alkanes of at least 4 members (excludes halogenated alkanes) is 2. The van der Waals surface area contributed by atoms with Crippen molar-refractivity contribution >= 4 is 0 Å². The zero-order valence-electron chi connectivity index (χ0n) is 16.2. The van der Waals surface area contributed by atoms with Crippen LogP contribution in [0.4, 0.5) is 0 Å². The second-order valence-corrected chi connectivity index (χ2v) is 8.43. The van der Waals surface area contributed by atoms with Crippen molar-refractivity contribution in [3.63, 3.8) is 0 Å². The molecule has 0 radical (unpaired) electrons. The standard InChI is InChI=1S/C22H42O/c1-4-7-8-9-18-10-12-20(13-11-18)21-14-15-22(23-16-5-2)19(6-3)17-21/h18-22H,4-17H2,1-3H3. The molecule has 2 aliphatic rings. The van der Waals surface area contributed by atoms with E-state index in [4.69, 9.17) is 4.74 Å². The number of hydrogen-bond acceptors (Lipinski definition) is 1. The minimum absolute atomic E-state index is 0.571. The Balaban J connectivity index is 1.72. The van der Waals surface area contributed by atoms with E-state index in [1.54, 1.807) is 0 Å². The van der Waals surface area contributed by atoms with E-state index in [0.29, 0.717) is 6.10 Å². The average Bonchev–Trinajstić information content (AvgIpc) is 2.60. The van der Waals surface area contributed by atoms with E-state index in [0.717, 1.165) is 30.3 Å². The third kappa shape index (κ3) is 6.07. The highest BCUT2D eigenvalue weighted by Gasteiger charge is 2.35. The molecule has 1 nitrogen and oxygen atoms in total. The van der Waals surface area contributed by atoms with Gasteiger partial charge in [-0.3, -0.25) is 0 Å². The summed E-state index contributed by atoms with van der Waals surface area (Å²) in [5.41, 5.74) is 0. The predicted molar refractivity (Wildman–Crippen MR) is 101 cm³/mol. The van der Waals surface area contributed by atoms with Gasteiger partial charge in [-0.15, -0.1) is 0 Å². The van der Waals surface area contributed by atoms with Gasteiger partial charge < -0.3 is 4.74 Å². The zero-order valence-corrected chi connectivity index (χ0v) is 16.2. The minimum atomic E-state index is 0.571. The second kappa shape index (κ2) is 10.7. The normalized spacial score (nSPS) is 35.3. The van der Waals surface area contributed by atoms with Gasteiger partial charge in [-0.1, -0.05) is 65.7 Å². The van der Waals surface area contributed by atoms with Crippen LogP contribution in [0.15, 0.2) is 0 Å². The van der Waals surface area contributed by atoms with Crippen LogP contribution in [-0.2, 0) is 4.74 Å². The maximum absolute atomic E-state index is 6.14. The van der Waals surface area contributed by atoms with Crippen LogP contribution in [0, 0.1) is 23.7 Å². The lowest BCUT2D eigenvalue weighted by Crippen LogP contribution is -2.35. The van der Waals surface area contributed by atoms with Gasteiger partial charge in [0.1, 0.15) is 0 Å². The molecule has 0 aromatic carbocycles. The molecule has 0 aromatic heterocycles. The van der Waals surface area contributed by atoms with Crippen molar-refractivity contribution in [3.8, 4) is 0 Å². The molecule has 23 heavy (non-hydrogen) atoms. The fourth-order valence-electron chi connectivity index (χ4n) is 5.25. The van der Waals surface area contributed by atoms with Crippen LogP contribution in [0.3, 0.4) is 0 Å². The Bertz CT molecular complexity index is 292. The predicted octanol–water partition coefficient (Wildman–Crippen LogP) is 6.99. The third-order valence-electron chi connectivity index (χ3n) is 6.79. The lowest BCUT2D eigenvalue weighted by Gasteiger charge is -2.41. The van der Waals surface area contributed by atoms with E-state index >= 15 is 0 Å². The van der Waals surface area contributed by atoms with Crippen molar-refractivity contribution in [3.05, 3.63) is 0 Å². The average molecular weight is 323 g/mol. The molecule has 3 atom stereocenters. The molecule has 0 heterocycles. The molecule has 0 aromatic rings. The first-order valence-corrected chi connectivity index (χ1v) is 10.9. The summed E-state index contributed by atoms with van der Waals surface area (Å²) in [6, 6.07) is 0. The zero-order chi connectivity index (χ0) is 16.5. The first kappa shape index (κ1) is 19.3. The van der Waals surface area contributed by atoms with Gasteiger partial charge in [-0.25, -0.2) is 0 Å². The second-order valence-electron chi connectivity index (χ2n) is 8.43. The van der Waals surface area contributed by atoms with Gasteiger partial charge in [-0.05, 0) is 62.2 Å². The lowest BCUT2D eigenvalue weighted by atomic mass is 9.67. The molecule has 2 saturated carbocycles. The van der Waals surface area contributed by atoms with E-state index in [1.807, 2.05) is 0 Å². The summed E-state index contributed by atoms with van der Waals surface area (Å²) in [5.74, 6) is 3.95. The molecule has 2 fully saturated rings. The minimum Gasteiger partial charge on any atom is -0.378 e. The van der Waals surface area contributed by atoms with Crippen molar-refractivity contribution < 1.29 is 4.74 Å². The molecule has 0 saturated heterocycles. The Morgan fingerprint density at radius 2 is 1.52 bits per heavy atom. The monoisotopic (exact) mass is 322 g/mol. The lowest BCUT2D eigenvalue weighted by molar-refractivity contribution is -0.0345. The Kier molecular flexibility index (Phi) is 9.01. The van der Waals surface area contributed by atoms with Gasteiger partial charge >= 0.3 is 0 Å². The number of rotatable bonds is 9. The quantitative estimate of drug-likeness (QED) is 0.415. The first-order chi connectivity index (χ1) is 11.3. The topological polar surface area (TPSA) is 9.23 Å². The maximum Gasteiger partial charge on any atom is 0.0603 e. The SMILES string of the molecule is CCCCCC1CCC(C2CCC(OCCC)C(CC)C2)CC1. The van der Waals surface area contributed by atoms with Crippen molar-refractivity contribution in [1.82, 2.24) is 0 Å². The van der Waals surface area contributed by atoms with Crippen LogP contribution in [-0.4, -0.2) is 12.7 Å². The number of hydrogen-bond donors (Lipinski definition) is 0. The van der Waals surface area contributed by atoms with Gasteiger partial charge in [0.15, 0.2) is 0 Å². The van der Waals surface area contributed by atoms with Crippen LogP contribution in [0.2, 0.25) is 0 Å². The van der Waals surface area contributed by atoms with Gasteiger partial charge in [0.05, 0.1) is 6.10 Å². The number of ether oxygens (including phenoxy) is 1. The van der Waals surface area contributed by atoms with Crippen LogP contribution in [0.5, 0.6) is 0 Å². The van der Waals surface area contributed by atoms with E-state index in [1.165, 1.54) is 83.5 Å². The molecule has 2 rings (SSSR count). The van der Waals surface area contributed by atoms with Gasteiger partial charge in [0.25, 0.3) is 0 Å². The van der Waals surface area contributed by atoms with Gasteiger partial charge in [0.2, 0.25) is 0 Å². The van der Waals surface area contributed by atoms with Crippen molar-refractivity contribution in [2.75, 3.05) is 6.61 Å². The summed E-state index contributed by atoms with van der Waals surface area (Å²) in [5, 5.41) is 0. The van der Waals surface area contributed by atoms with E-state index in [2.05, 4.69) is 20.8 Å². The molecule has 0 amide bonds. The largest absolute Gasteiger partial charge is 0.378 e. The van der Waals surface area contributed by atoms with Gasteiger partial charge in [0, 0.05) is 6.61 Å². The molecular formula is C22H42O.